The predicted octanol–water partition coefficient (Wildman–Crippen LogP) is 2.95. The zero-order valence-corrected chi connectivity index (χ0v) is 20.0. The van der Waals surface area contributed by atoms with E-state index in [0.717, 1.165) is 0 Å². The monoisotopic (exact) mass is 498 g/mol. The van der Waals surface area contributed by atoms with E-state index < -0.39 is 54.1 Å². The Kier molecular flexibility index (Phi) is 6.29. The summed E-state index contributed by atoms with van der Waals surface area (Å²) in [5, 5.41) is 13.8. The van der Waals surface area contributed by atoms with Gasteiger partial charge in [0.05, 0.1) is 37.2 Å². The normalized spacial score (nSPS) is 29.7. The van der Waals surface area contributed by atoms with Gasteiger partial charge in [0.15, 0.2) is 0 Å². The first kappa shape index (κ1) is 23.8. The van der Waals surface area contributed by atoms with Crippen molar-refractivity contribution in [2.45, 2.75) is 43.6 Å². The lowest BCUT2D eigenvalue weighted by molar-refractivity contribution is -0.155. The van der Waals surface area contributed by atoms with Gasteiger partial charge in [-0.05, 0) is 49.6 Å². The van der Waals surface area contributed by atoms with Gasteiger partial charge in [0.1, 0.15) is 11.6 Å². The lowest BCUT2D eigenvalue weighted by atomic mass is 9.70. The molecule has 3 aliphatic rings. The number of fused-ring (bicyclic) bond motifs is 1. The lowest BCUT2D eigenvalue weighted by Crippen LogP contribution is -2.54. The lowest BCUT2D eigenvalue weighted by Gasteiger charge is -2.36. The first-order valence-corrected chi connectivity index (χ1v) is 12.2. The molecule has 2 bridgehead atoms. The van der Waals surface area contributed by atoms with E-state index in [4.69, 9.17) is 21.1 Å². The highest BCUT2D eigenvalue weighted by molar-refractivity contribution is 6.30. The van der Waals surface area contributed by atoms with Crippen LogP contribution < -0.4 is 5.32 Å². The van der Waals surface area contributed by atoms with Crippen molar-refractivity contribution in [3.05, 3.63) is 65.2 Å². The summed E-state index contributed by atoms with van der Waals surface area (Å²) in [5.74, 6) is -2.97. The Balaban J connectivity index is 1.57. The Morgan fingerprint density at radius 1 is 1.23 bits per heavy atom. The van der Waals surface area contributed by atoms with Crippen LogP contribution in [0.4, 0.5) is 5.69 Å². The maximum atomic E-state index is 14.0. The molecule has 0 saturated carbocycles. The molecule has 2 aromatic carbocycles. The number of amides is 2. The van der Waals surface area contributed by atoms with Crippen LogP contribution in [0.2, 0.25) is 5.02 Å². The number of likely N-dealkylation sites (tertiary alicyclic amines) is 1. The number of aliphatic hydroxyl groups is 1. The van der Waals surface area contributed by atoms with Gasteiger partial charge in [0.25, 0.3) is 0 Å². The van der Waals surface area contributed by atoms with Crippen molar-refractivity contribution in [1.29, 1.82) is 0 Å². The summed E-state index contributed by atoms with van der Waals surface area (Å²) in [7, 11) is 0. The molecule has 1 spiro atoms. The van der Waals surface area contributed by atoms with Crippen LogP contribution in [0.25, 0.3) is 0 Å². The minimum Gasteiger partial charge on any atom is -0.466 e. The molecule has 0 unspecified atom stereocenters. The minimum absolute atomic E-state index is 0.184. The molecule has 6 atom stereocenters. The molecule has 5 rings (SSSR count). The van der Waals surface area contributed by atoms with Crippen LogP contribution >= 0.6 is 11.6 Å². The number of anilines is 1. The topological polar surface area (TPSA) is 105 Å². The number of ether oxygens (including phenoxy) is 2. The summed E-state index contributed by atoms with van der Waals surface area (Å²) in [6, 6.07) is 13.9. The van der Waals surface area contributed by atoms with Gasteiger partial charge >= 0.3 is 5.97 Å². The Hall–Kier alpha value is -2.94. The number of nitrogens with one attached hydrogen (secondary N) is 1. The van der Waals surface area contributed by atoms with Crippen LogP contribution in [0, 0.1) is 11.8 Å². The predicted molar refractivity (Wildman–Crippen MR) is 127 cm³/mol. The number of halogens is 1. The van der Waals surface area contributed by atoms with E-state index in [-0.39, 0.29) is 12.5 Å². The Morgan fingerprint density at radius 3 is 2.60 bits per heavy atom. The van der Waals surface area contributed by atoms with Crippen molar-refractivity contribution >= 4 is 35.1 Å². The average Bonchev–Trinajstić information content (AvgIpc) is 3.50. The minimum atomic E-state index is -1.18. The smallest absolute Gasteiger partial charge is 0.312 e. The van der Waals surface area contributed by atoms with Crippen LogP contribution in [0.15, 0.2) is 54.6 Å². The number of carbonyl (C=O) groups excluding carboxylic acids is 3. The second kappa shape index (κ2) is 9.26. The summed E-state index contributed by atoms with van der Waals surface area (Å²) in [6.07, 6.45) is 0.507. The van der Waals surface area contributed by atoms with Crippen LogP contribution in [-0.4, -0.2) is 58.8 Å². The number of hydrogen-bond acceptors (Lipinski definition) is 6. The summed E-state index contributed by atoms with van der Waals surface area (Å²) in [4.78, 5) is 42.1. The van der Waals surface area contributed by atoms with Crippen LogP contribution in [0.5, 0.6) is 0 Å². The molecule has 8 nitrogen and oxygen atoms in total. The van der Waals surface area contributed by atoms with E-state index in [1.165, 1.54) is 4.90 Å². The molecule has 3 aliphatic heterocycles. The first-order chi connectivity index (χ1) is 16.9. The molecule has 9 heteroatoms. The molecule has 0 aliphatic carbocycles. The molecule has 3 saturated heterocycles. The van der Waals surface area contributed by atoms with Crippen molar-refractivity contribution in [2.75, 3.05) is 18.5 Å². The second-order valence-corrected chi connectivity index (χ2v) is 9.60. The highest BCUT2D eigenvalue weighted by Gasteiger charge is 2.75. The number of esters is 1. The Bertz CT molecular complexity index is 1130. The van der Waals surface area contributed by atoms with E-state index in [1.807, 2.05) is 18.2 Å². The van der Waals surface area contributed by atoms with Gasteiger partial charge < -0.3 is 24.8 Å². The number of aliphatic hydroxyl groups excluding tert-OH is 1. The fourth-order valence-electron chi connectivity index (χ4n) is 6.01. The van der Waals surface area contributed by atoms with Gasteiger partial charge in [-0.2, -0.15) is 0 Å². The third-order valence-corrected chi connectivity index (χ3v) is 7.60. The number of nitrogens with zero attached hydrogens (tertiary/aromatic N) is 1. The molecule has 184 valence electrons. The summed E-state index contributed by atoms with van der Waals surface area (Å²) < 4.78 is 11.6. The van der Waals surface area contributed by atoms with Crippen molar-refractivity contribution in [3.8, 4) is 0 Å². The maximum absolute atomic E-state index is 14.0. The molecule has 2 aromatic rings. The zero-order valence-electron chi connectivity index (χ0n) is 19.2. The van der Waals surface area contributed by atoms with E-state index in [0.29, 0.717) is 29.1 Å². The molecule has 2 N–H and O–H groups in total. The SMILES string of the molecule is CCOC(=O)[C@@H]1[C@H]2C(=O)N([C@H](CO)c3ccccc3)[C@H](C(=O)Nc3ccc(Cl)cc3)[C@]23CC[C@H]1O3. The van der Waals surface area contributed by atoms with E-state index in [1.54, 1.807) is 43.3 Å². The molecule has 3 heterocycles. The van der Waals surface area contributed by atoms with Gasteiger partial charge in [-0.15, -0.1) is 0 Å². The van der Waals surface area contributed by atoms with E-state index in [2.05, 4.69) is 5.32 Å². The third-order valence-electron chi connectivity index (χ3n) is 7.35. The molecule has 3 fully saturated rings. The van der Waals surface area contributed by atoms with Crippen LogP contribution in [0.1, 0.15) is 31.4 Å². The Labute approximate surface area is 208 Å². The quantitative estimate of drug-likeness (QED) is 0.569. The van der Waals surface area contributed by atoms with Crippen LogP contribution in [0.3, 0.4) is 0 Å². The van der Waals surface area contributed by atoms with E-state index in [9.17, 15) is 19.5 Å². The standard InChI is InChI=1S/C26H27ClN2O6/c1-2-34-25(33)20-19-12-13-26(35-19)21(20)24(32)29(18(14-30)15-6-4-3-5-7-15)22(26)23(31)28-17-10-8-16(27)9-11-17/h3-11,18-22,30H,2,12-14H2,1H3,(H,28,31)/t18-,19-,20+,21+,22-,26+/m1/s1. The second-order valence-electron chi connectivity index (χ2n) is 9.16. The molecule has 2 amide bonds. The van der Waals surface area contributed by atoms with Crippen molar-refractivity contribution in [1.82, 2.24) is 4.90 Å². The molecular weight excluding hydrogens is 472 g/mol. The summed E-state index contributed by atoms with van der Waals surface area (Å²) in [5.41, 5.74) is 0.0189. The zero-order chi connectivity index (χ0) is 24.7. The van der Waals surface area contributed by atoms with Gasteiger partial charge in [0, 0.05) is 10.7 Å². The summed E-state index contributed by atoms with van der Waals surface area (Å²) >= 11 is 5.98. The molecule has 0 radical (unpaired) electrons. The average molecular weight is 499 g/mol. The molecule has 35 heavy (non-hydrogen) atoms. The van der Waals surface area contributed by atoms with Gasteiger partial charge in [-0.25, -0.2) is 0 Å². The van der Waals surface area contributed by atoms with Gasteiger partial charge in [0.2, 0.25) is 11.8 Å². The number of rotatable bonds is 7. The highest BCUT2D eigenvalue weighted by atomic mass is 35.5. The van der Waals surface area contributed by atoms with E-state index >= 15 is 0 Å². The largest absolute Gasteiger partial charge is 0.466 e. The maximum Gasteiger partial charge on any atom is 0.312 e. The van der Waals surface area contributed by atoms with Crippen LogP contribution in [-0.2, 0) is 23.9 Å². The fraction of sp³-hybridized carbons (Fsp3) is 0.423. The van der Waals surface area contributed by atoms with Crippen molar-refractivity contribution in [3.63, 3.8) is 0 Å². The van der Waals surface area contributed by atoms with Gasteiger partial charge in [-0.3, -0.25) is 14.4 Å². The first-order valence-electron chi connectivity index (χ1n) is 11.8. The number of benzene rings is 2. The molecular formula is C26H27ClN2O6. The highest BCUT2D eigenvalue weighted by Crippen LogP contribution is 2.59. The summed E-state index contributed by atoms with van der Waals surface area (Å²) in [6.45, 7) is 1.50. The fourth-order valence-corrected chi connectivity index (χ4v) is 6.13. The number of hydrogen-bond donors (Lipinski definition) is 2. The third kappa shape index (κ3) is 3.80. The van der Waals surface area contributed by atoms with Gasteiger partial charge in [-0.1, -0.05) is 41.9 Å². The number of carbonyl (C=O) groups is 3. The van der Waals surface area contributed by atoms with Crippen molar-refractivity contribution < 1.29 is 29.0 Å². The Morgan fingerprint density at radius 2 is 1.94 bits per heavy atom. The molecule has 0 aromatic heterocycles. The van der Waals surface area contributed by atoms with Crippen molar-refractivity contribution in [2.24, 2.45) is 11.8 Å².